The number of amides is 1. The summed E-state index contributed by atoms with van der Waals surface area (Å²) < 4.78 is 3.59. The minimum Gasteiger partial charge on any atom is -0.329 e. The van der Waals surface area contributed by atoms with Gasteiger partial charge in [0.15, 0.2) is 0 Å². The lowest BCUT2D eigenvalue weighted by Crippen LogP contribution is -2.34. The van der Waals surface area contributed by atoms with Crippen LogP contribution in [0.5, 0.6) is 0 Å². The average Bonchev–Trinajstić information content (AvgIpc) is 2.10. The lowest BCUT2D eigenvalue weighted by molar-refractivity contribution is -0.125. The Morgan fingerprint density at radius 2 is 2.07 bits per heavy atom. The Morgan fingerprint density at radius 3 is 2.40 bits per heavy atom. The molecule has 0 aromatic carbocycles. The summed E-state index contributed by atoms with van der Waals surface area (Å²) in [5, 5.41) is 0. The maximum Gasteiger partial charge on any atom is 0.289 e. The van der Waals surface area contributed by atoms with Crippen molar-refractivity contribution in [1.29, 1.82) is 0 Å². The molecule has 0 bridgehead atoms. The smallest absolute Gasteiger partial charge is 0.289 e. The van der Waals surface area contributed by atoms with Crippen LogP contribution in [0.1, 0.15) is 13.3 Å². The standard InChI is InChI=1S/C6H11Cl3NO3PS/c1-3-4-13-14(12,15)10(2)5(11)6(7,8)9/h3-4H2,1-2H3,(H,12,15). The zero-order valence-electron chi connectivity index (χ0n) is 8.11. The molecule has 0 saturated heterocycles. The Kier molecular flexibility index (Phi) is 6.37. The van der Waals surface area contributed by atoms with E-state index < -0.39 is 16.3 Å². The minimum absolute atomic E-state index is 0.241. The monoisotopic (exact) mass is 313 g/mol. The number of alkyl halides is 3. The Bertz CT molecular complexity index is 283. The Balaban J connectivity index is 4.63. The van der Waals surface area contributed by atoms with E-state index in [-0.39, 0.29) is 6.61 Å². The molecule has 1 N–H and O–H groups in total. The van der Waals surface area contributed by atoms with Gasteiger partial charge >= 0.3 is 0 Å². The number of carbonyl (C=O) groups excluding carboxylic acids is 1. The topological polar surface area (TPSA) is 49.8 Å². The number of halogens is 3. The predicted molar refractivity (Wildman–Crippen MR) is 65.8 cm³/mol. The highest BCUT2D eigenvalue weighted by molar-refractivity contribution is 8.08. The van der Waals surface area contributed by atoms with E-state index in [1.54, 1.807) is 0 Å². The Labute approximate surface area is 109 Å². The lowest BCUT2D eigenvalue weighted by Gasteiger charge is -2.28. The molecule has 0 aliphatic heterocycles. The van der Waals surface area contributed by atoms with Crippen LogP contribution in [0, 0.1) is 0 Å². The molecule has 0 spiro atoms. The van der Waals surface area contributed by atoms with Crippen molar-refractivity contribution in [3.05, 3.63) is 0 Å². The van der Waals surface area contributed by atoms with E-state index in [1.807, 2.05) is 6.92 Å². The van der Waals surface area contributed by atoms with Crippen molar-refractivity contribution in [2.24, 2.45) is 0 Å². The molecule has 1 unspecified atom stereocenters. The van der Waals surface area contributed by atoms with Gasteiger partial charge in [0.1, 0.15) is 0 Å². The fourth-order valence-corrected chi connectivity index (χ4v) is 2.57. The fraction of sp³-hybridized carbons (Fsp3) is 0.833. The molecule has 9 heteroatoms. The van der Waals surface area contributed by atoms with Gasteiger partial charge in [-0.25, -0.2) is 0 Å². The molecule has 0 aliphatic carbocycles. The zero-order chi connectivity index (χ0) is 12.3. The molecule has 0 heterocycles. The largest absolute Gasteiger partial charge is 0.329 e. The lowest BCUT2D eigenvalue weighted by atomic mass is 10.5. The van der Waals surface area contributed by atoms with Crippen LogP contribution in [0.25, 0.3) is 0 Å². The van der Waals surface area contributed by atoms with E-state index in [4.69, 9.17) is 51.1 Å². The molecule has 15 heavy (non-hydrogen) atoms. The van der Waals surface area contributed by atoms with Gasteiger partial charge in [0.25, 0.3) is 16.3 Å². The van der Waals surface area contributed by atoms with Gasteiger partial charge in [0, 0.05) is 7.05 Å². The van der Waals surface area contributed by atoms with Crippen molar-refractivity contribution in [3.8, 4) is 0 Å². The highest BCUT2D eigenvalue weighted by Gasteiger charge is 2.39. The molecule has 0 radical (unpaired) electrons. The zero-order valence-corrected chi connectivity index (χ0v) is 12.1. The third-order valence-electron chi connectivity index (χ3n) is 1.38. The number of carbonyl (C=O) groups is 1. The quantitative estimate of drug-likeness (QED) is 0.640. The third kappa shape index (κ3) is 5.18. The van der Waals surface area contributed by atoms with Crippen LogP contribution in [0.2, 0.25) is 0 Å². The van der Waals surface area contributed by atoms with Crippen molar-refractivity contribution in [2.45, 2.75) is 17.1 Å². The van der Waals surface area contributed by atoms with Gasteiger partial charge < -0.3 is 9.42 Å². The summed E-state index contributed by atoms with van der Waals surface area (Å²) in [7, 11) is 1.24. The van der Waals surface area contributed by atoms with Gasteiger partial charge in [0.2, 0.25) is 0 Å². The first kappa shape index (κ1) is 15.9. The van der Waals surface area contributed by atoms with E-state index >= 15 is 0 Å². The van der Waals surface area contributed by atoms with Crippen LogP contribution in [0.3, 0.4) is 0 Å². The molecule has 1 amide bonds. The summed E-state index contributed by atoms with van der Waals surface area (Å²) in [4.78, 5) is 21.1. The highest BCUT2D eigenvalue weighted by atomic mass is 35.6. The van der Waals surface area contributed by atoms with Gasteiger partial charge in [-0.1, -0.05) is 41.7 Å². The van der Waals surface area contributed by atoms with Crippen molar-refractivity contribution < 1.29 is 14.2 Å². The Hall–Kier alpha value is 0.910. The minimum atomic E-state index is -3.39. The van der Waals surface area contributed by atoms with Crippen molar-refractivity contribution in [1.82, 2.24) is 4.67 Å². The predicted octanol–water partition coefficient (Wildman–Crippen LogP) is 2.46. The molecule has 0 rings (SSSR count). The van der Waals surface area contributed by atoms with Gasteiger partial charge in [-0.2, -0.15) is 0 Å². The van der Waals surface area contributed by atoms with E-state index in [2.05, 4.69) is 0 Å². The highest BCUT2D eigenvalue weighted by Crippen LogP contribution is 2.48. The summed E-state index contributed by atoms with van der Waals surface area (Å²) in [5.41, 5.74) is 0. The number of hydrogen-bond acceptors (Lipinski definition) is 3. The van der Waals surface area contributed by atoms with E-state index in [0.717, 1.165) is 4.67 Å². The summed E-state index contributed by atoms with van der Waals surface area (Å²) in [5.74, 6) is -0.908. The molecule has 0 fully saturated rings. The molecule has 0 saturated carbocycles. The van der Waals surface area contributed by atoms with Crippen LogP contribution in [0.15, 0.2) is 0 Å². The second kappa shape index (κ2) is 6.01. The number of rotatable bonds is 4. The van der Waals surface area contributed by atoms with Crippen LogP contribution in [-0.4, -0.2) is 32.9 Å². The summed E-state index contributed by atoms with van der Waals surface area (Å²) in [6, 6.07) is 0. The van der Waals surface area contributed by atoms with Gasteiger partial charge in [0.05, 0.1) is 6.61 Å². The van der Waals surface area contributed by atoms with Crippen molar-refractivity contribution in [2.75, 3.05) is 13.7 Å². The SMILES string of the molecule is CCCOP(O)(=S)N(C)C(=O)C(Cl)(Cl)Cl. The molecular weight excluding hydrogens is 303 g/mol. The first-order chi connectivity index (χ1) is 6.63. The fourth-order valence-electron chi connectivity index (χ4n) is 0.595. The molecule has 1 atom stereocenters. The summed E-state index contributed by atoms with van der Waals surface area (Å²) >= 11 is 20.8. The maximum atomic E-state index is 11.4. The van der Waals surface area contributed by atoms with Gasteiger partial charge in [-0.3, -0.25) is 9.46 Å². The second-order valence-electron chi connectivity index (χ2n) is 2.65. The van der Waals surface area contributed by atoms with Crippen molar-refractivity contribution >= 4 is 59.2 Å². The van der Waals surface area contributed by atoms with E-state index in [0.29, 0.717) is 6.42 Å². The van der Waals surface area contributed by atoms with Crippen molar-refractivity contribution in [3.63, 3.8) is 0 Å². The molecular formula is C6H11Cl3NO3PS. The first-order valence-electron chi connectivity index (χ1n) is 3.95. The molecule has 4 nitrogen and oxygen atoms in total. The van der Waals surface area contributed by atoms with Gasteiger partial charge in [-0.05, 0) is 18.2 Å². The van der Waals surface area contributed by atoms with Crippen LogP contribution in [0.4, 0.5) is 0 Å². The third-order valence-corrected chi connectivity index (χ3v) is 4.37. The number of nitrogens with zero attached hydrogens (tertiary/aromatic N) is 1. The van der Waals surface area contributed by atoms with E-state index in [9.17, 15) is 9.69 Å². The van der Waals surface area contributed by atoms with Gasteiger partial charge in [-0.15, -0.1) is 0 Å². The first-order valence-corrected chi connectivity index (χ1v) is 7.71. The number of hydrogen-bond donors (Lipinski definition) is 1. The normalized spacial score (nSPS) is 15.9. The average molecular weight is 315 g/mol. The maximum absolute atomic E-state index is 11.4. The van der Waals surface area contributed by atoms with E-state index in [1.165, 1.54) is 7.05 Å². The Morgan fingerprint density at radius 1 is 1.60 bits per heavy atom. The summed E-state index contributed by atoms with van der Waals surface area (Å²) in [6.45, 7) is -1.31. The van der Waals surface area contributed by atoms with Crippen LogP contribution >= 0.6 is 41.4 Å². The molecule has 0 aromatic heterocycles. The molecule has 90 valence electrons. The second-order valence-corrected chi connectivity index (χ2v) is 8.20. The summed E-state index contributed by atoms with van der Waals surface area (Å²) in [6.07, 6.45) is 0.661. The molecule has 0 aliphatic rings. The van der Waals surface area contributed by atoms with Crippen LogP contribution in [-0.2, 0) is 21.1 Å². The van der Waals surface area contributed by atoms with Crippen LogP contribution < -0.4 is 0 Å². The molecule has 0 aromatic rings.